The smallest absolute Gasteiger partial charge is 0.341 e. The van der Waals surface area contributed by atoms with Crippen LogP contribution in [0.3, 0.4) is 0 Å². The van der Waals surface area contributed by atoms with Crippen molar-refractivity contribution >= 4 is 32.6 Å². The predicted octanol–water partition coefficient (Wildman–Crippen LogP) is 3.58. The van der Waals surface area contributed by atoms with Gasteiger partial charge in [-0.2, -0.15) is 0 Å². The lowest BCUT2D eigenvalue weighted by Gasteiger charge is -2.23. The van der Waals surface area contributed by atoms with E-state index in [9.17, 15) is 18.0 Å². The Morgan fingerprint density at radius 3 is 2.50 bits per heavy atom. The average Bonchev–Trinajstić information content (AvgIpc) is 3.44. The van der Waals surface area contributed by atoms with Crippen molar-refractivity contribution in [1.82, 2.24) is 19.9 Å². The summed E-state index contributed by atoms with van der Waals surface area (Å²) in [6.45, 7) is -0.455. The molecule has 5 rings (SSSR count). The summed E-state index contributed by atoms with van der Waals surface area (Å²) in [5.41, 5.74) is 2.97. The predicted molar refractivity (Wildman–Crippen MR) is 137 cm³/mol. The first-order valence-electron chi connectivity index (χ1n) is 11.7. The minimum absolute atomic E-state index is 0.0433. The van der Waals surface area contributed by atoms with E-state index < -0.39 is 22.4 Å². The van der Waals surface area contributed by atoms with Gasteiger partial charge in [-0.25, -0.2) is 18.2 Å². The fraction of sp³-hybridized carbons (Fsp3) is 0.231. The molecule has 4 aromatic rings. The van der Waals surface area contributed by atoms with E-state index in [1.165, 1.54) is 18.5 Å². The van der Waals surface area contributed by atoms with E-state index in [2.05, 4.69) is 15.0 Å². The summed E-state index contributed by atoms with van der Waals surface area (Å²) in [5.74, 6) is 0.194. The van der Waals surface area contributed by atoms with Crippen molar-refractivity contribution in [1.29, 1.82) is 0 Å². The standard InChI is InChI=1S/C26H24N4O7S/c1-30-22(6-8-25(30)31)18-11-20-15(10-23(18)37-17-4-7-24(28-13-17)38(2,34)35)9-21(29-20)19-5-3-16(12-27-19)36-14-26(32)33/h3-5,7,9-13,22,29H,6,8,14H2,1-2H3,(H,32,33). The first-order chi connectivity index (χ1) is 18.1. The summed E-state index contributed by atoms with van der Waals surface area (Å²) >= 11 is 0. The van der Waals surface area contributed by atoms with Gasteiger partial charge in [0.2, 0.25) is 5.91 Å². The van der Waals surface area contributed by atoms with Gasteiger partial charge in [0.05, 0.1) is 29.8 Å². The van der Waals surface area contributed by atoms with Gasteiger partial charge in [0.15, 0.2) is 21.5 Å². The molecule has 0 bridgehead atoms. The van der Waals surface area contributed by atoms with Crippen LogP contribution in [0.1, 0.15) is 24.4 Å². The average molecular weight is 537 g/mol. The number of carbonyl (C=O) groups is 2. The molecule has 1 aliphatic rings. The maximum atomic E-state index is 12.3. The molecular weight excluding hydrogens is 512 g/mol. The highest BCUT2D eigenvalue weighted by atomic mass is 32.2. The monoisotopic (exact) mass is 536 g/mol. The SMILES string of the molecule is CN1C(=O)CCC1c1cc2[nH]c(-c3ccc(OCC(=O)O)cn3)cc2cc1Oc1ccc(S(C)(=O)=O)nc1. The van der Waals surface area contributed by atoms with Crippen LogP contribution in [0.5, 0.6) is 17.2 Å². The molecule has 196 valence electrons. The van der Waals surface area contributed by atoms with Gasteiger partial charge in [-0.15, -0.1) is 0 Å². The Kier molecular flexibility index (Phi) is 6.49. The van der Waals surface area contributed by atoms with E-state index in [1.54, 1.807) is 30.1 Å². The number of aliphatic carboxylic acids is 1. The summed E-state index contributed by atoms with van der Waals surface area (Å²) in [4.78, 5) is 36.4. The van der Waals surface area contributed by atoms with Gasteiger partial charge in [0.25, 0.3) is 0 Å². The van der Waals surface area contributed by atoms with Crippen LogP contribution >= 0.6 is 0 Å². The topological polar surface area (TPSA) is 152 Å². The summed E-state index contributed by atoms with van der Waals surface area (Å²) in [5, 5.41) is 9.55. The van der Waals surface area contributed by atoms with E-state index in [0.29, 0.717) is 35.8 Å². The third-order valence-electron chi connectivity index (χ3n) is 6.29. The number of carboxylic acid groups (broad SMARTS) is 1. The summed E-state index contributed by atoms with van der Waals surface area (Å²) in [6, 6.07) is 11.8. The molecule has 1 unspecified atom stereocenters. The van der Waals surface area contributed by atoms with Crippen LogP contribution in [0.2, 0.25) is 0 Å². The van der Waals surface area contributed by atoms with Crippen LogP contribution in [-0.4, -0.2) is 65.2 Å². The Morgan fingerprint density at radius 1 is 1.13 bits per heavy atom. The number of pyridine rings is 2. The van der Waals surface area contributed by atoms with Crippen LogP contribution in [0.25, 0.3) is 22.3 Å². The van der Waals surface area contributed by atoms with Gasteiger partial charge in [0.1, 0.15) is 17.2 Å². The van der Waals surface area contributed by atoms with Gasteiger partial charge in [-0.05, 0) is 48.9 Å². The summed E-state index contributed by atoms with van der Waals surface area (Å²) in [7, 11) is -1.69. The third kappa shape index (κ3) is 5.16. The zero-order chi connectivity index (χ0) is 27.0. The fourth-order valence-electron chi connectivity index (χ4n) is 4.38. The first kappa shape index (κ1) is 25.2. The number of carboxylic acids is 1. The molecule has 2 N–H and O–H groups in total. The van der Waals surface area contributed by atoms with Crippen molar-refractivity contribution in [3.8, 4) is 28.6 Å². The number of nitrogens with one attached hydrogen (secondary N) is 1. The zero-order valence-corrected chi connectivity index (χ0v) is 21.4. The quantitative estimate of drug-likeness (QED) is 0.344. The molecule has 0 saturated carbocycles. The Bertz CT molecular complexity index is 1630. The summed E-state index contributed by atoms with van der Waals surface area (Å²) in [6.07, 6.45) is 4.96. The number of amides is 1. The molecule has 1 atom stereocenters. The van der Waals surface area contributed by atoms with Crippen LogP contribution in [0.15, 0.2) is 59.9 Å². The molecule has 0 spiro atoms. The Hall–Kier alpha value is -4.45. The molecule has 4 heterocycles. The number of hydrogen-bond acceptors (Lipinski definition) is 8. The second-order valence-electron chi connectivity index (χ2n) is 8.99. The highest BCUT2D eigenvalue weighted by Gasteiger charge is 2.31. The molecule has 0 aliphatic carbocycles. The number of benzene rings is 1. The first-order valence-corrected chi connectivity index (χ1v) is 13.5. The maximum Gasteiger partial charge on any atom is 0.341 e. The van der Waals surface area contributed by atoms with Crippen LogP contribution in [0, 0.1) is 0 Å². The second-order valence-corrected chi connectivity index (χ2v) is 10.9. The number of likely N-dealkylation sites (tertiary alicyclic amines) is 1. The highest BCUT2D eigenvalue weighted by molar-refractivity contribution is 7.90. The highest BCUT2D eigenvalue weighted by Crippen LogP contribution is 2.41. The lowest BCUT2D eigenvalue weighted by atomic mass is 10.0. The molecule has 1 amide bonds. The molecule has 0 radical (unpaired) electrons. The van der Waals surface area contributed by atoms with Gasteiger partial charge >= 0.3 is 5.97 Å². The van der Waals surface area contributed by atoms with E-state index in [4.69, 9.17) is 14.6 Å². The van der Waals surface area contributed by atoms with Crippen molar-refractivity contribution in [3.63, 3.8) is 0 Å². The molecular formula is C26H24N4O7S. The van der Waals surface area contributed by atoms with Crippen molar-refractivity contribution in [2.45, 2.75) is 23.9 Å². The molecule has 11 nitrogen and oxygen atoms in total. The molecule has 1 aromatic carbocycles. The molecule has 3 aromatic heterocycles. The number of sulfone groups is 1. The van der Waals surface area contributed by atoms with Crippen molar-refractivity contribution in [2.75, 3.05) is 19.9 Å². The van der Waals surface area contributed by atoms with Gasteiger partial charge in [-0.3, -0.25) is 9.78 Å². The Balaban J connectivity index is 1.51. The van der Waals surface area contributed by atoms with E-state index in [-0.39, 0.29) is 17.0 Å². The Labute approximate surface area is 218 Å². The Morgan fingerprint density at radius 2 is 1.89 bits per heavy atom. The molecule has 1 fully saturated rings. The van der Waals surface area contributed by atoms with Crippen LogP contribution in [0.4, 0.5) is 0 Å². The number of fused-ring (bicyclic) bond motifs is 1. The van der Waals surface area contributed by atoms with Gasteiger partial charge in [-0.1, -0.05) is 0 Å². The maximum absolute atomic E-state index is 12.3. The second kappa shape index (κ2) is 9.78. The third-order valence-corrected chi connectivity index (χ3v) is 7.30. The lowest BCUT2D eigenvalue weighted by molar-refractivity contribution is -0.139. The fourth-order valence-corrected chi connectivity index (χ4v) is 4.93. The van der Waals surface area contributed by atoms with E-state index in [0.717, 1.165) is 28.4 Å². The van der Waals surface area contributed by atoms with Crippen LogP contribution < -0.4 is 9.47 Å². The molecule has 38 heavy (non-hydrogen) atoms. The number of hydrogen-bond donors (Lipinski definition) is 2. The number of ether oxygens (including phenoxy) is 2. The van der Waals surface area contributed by atoms with E-state index in [1.807, 2.05) is 18.2 Å². The number of carbonyl (C=O) groups excluding carboxylic acids is 1. The number of aromatic nitrogens is 3. The summed E-state index contributed by atoms with van der Waals surface area (Å²) < 4.78 is 34.8. The van der Waals surface area contributed by atoms with Crippen molar-refractivity contribution in [2.24, 2.45) is 0 Å². The normalized spacial score (nSPS) is 15.7. The largest absolute Gasteiger partial charge is 0.480 e. The number of rotatable bonds is 8. The minimum atomic E-state index is -3.44. The van der Waals surface area contributed by atoms with E-state index >= 15 is 0 Å². The van der Waals surface area contributed by atoms with Crippen molar-refractivity contribution < 1.29 is 32.6 Å². The minimum Gasteiger partial charge on any atom is -0.480 e. The zero-order valence-electron chi connectivity index (χ0n) is 20.5. The van der Waals surface area contributed by atoms with Gasteiger partial charge in [0, 0.05) is 36.2 Å². The molecule has 1 aliphatic heterocycles. The lowest BCUT2D eigenvalue weighted by Crippen LogP contribution is -2.22. The number of nitrogens with zero attached hydrogens (tertiary/aromatic N) is 3. The number of H-pyrrole nitrogens is 1. The molecule has 1 saturated heterocycles. The number of aromatic amines is 1. The van der Waals surface area contributed by atoms with Gasteiger partial charge < -0.3 is 24.5 Å². The molecule has 12 heteroatoms. The van der Waals surface area contributed by atoms with Crippen LogP contribution in [-0.2, 0) is 19.4 Å². The van der Waals surface area contributed by atoms with Crippen molar-refractivity contribution in [3.05, 3.63) is 60.4 Å².